The van der Waals surface area contributed by atoms with Gasteiger partial charge in [-0.2, -0.15) is 0 Å². The number of pyridine rings is 1. The van der Waals surface area contributed by atoms with Crippen molar-refractivity contribution in [3.05, 3.63) is 46.1 Å². The fourth-order valence-corrected chi connectivity index (χ4v) is 6.35. The molecule has 2 N–H and O–H groups in total. The minimum atomic E-state index is -3.27. The molecule has 0 fully saturated rings. The third-order valence-electron chi connectivity index (χ3n) is 4.29. The normalized spacial score (nSPS) is 21.4. The first kappa shape index (κ1) is 17.9. The number of amides is 2. The van der Waals surface area contributed by atoms with Crippen molar-refractivity contribution in [3.8, 4) is 0 Å². The summed E-state index contributed by atoms with van der Waals surface area (Å²) < 4.78 is 25.1. The summed E-state index contributed by atoms with van der Waals surface area (Å²) in [4.78, 5) is 16.6. The van der Waals surface area contributed by atoms with Gasteiger partial charge in [0.05, 0.1) is 11.3 Å². The highest BCUT2D eigenvalue weighted by molar-refractivity contribution is 7.94. The lowest BCUT2D eigenvalue weighted by Gasteiger charge is -2.28. The van der Waals surface area contributed by atoms with Gasteiger partial charge in [0.25, 0.3) is 0 Å². The summed E-state index contributed by atoms with van der Waals surface area (Å²) in [5, 5.41) is 6.99. The highest BCUT2D eigenvalue weighted by atomic mass is 32.2. The third kappa shape index (κ3) is 3.69. The van der Waals surface area contributed by atoms with Gasteiger partial charge in [0.1, 0.15) is 4.21 Å². The number of rotatable bonds is 3. The van der Waals surface area contributed by atoms with Gasteiger partial charge >= 0.3 is 6.03 Å². The first-order chi connectivity index (χ1) is 11.8. The topological polar surface area (TPSA) is 88.2 Å². The van der Waals surface area contributed by atoms with Crippen LogP contribution in [0.2, 0.25) is 0 Å². The van der Waals surface area contributed by atoms with E-state index in [-0.39, 0.29) is 12.1 Å². The van der Waals surface area contributed by atoms with Gasteiger partial charge in [0.2, 0.25) is 0 Å². The molecule has 0 unspecified atom stereocenters. The number of urea groups is 1. The second-order valence-electron chi connectivity index (χ2n) is 6.39. The molecule has 0 saturated carbocycles. The molecular formula is C17H21N3O3S2. The summed E-state index contributed by atoms with van der Waals surface area (Å²) >= 11 is 1.21. The predicted molar refractivity (Wildman–Crippen MR) is 97.4 cm³/mol. The van der Waals surface area contributed by atoms with Crippen LogP contribution in [0.15, 0.2) is 27.8 Å². The van der Waals surface area contributed by atoms with E-state index in [4.69, 9.17) is 0 Å². The highest BCUT2D eigenvalue weighted by Gasteiger charge is 2.37. The Kier molecular flexibility index (Phi) is 4.83. The van der Waals surface area contributed by atoms with Crippen LogP contribution in [0.4, 0.5) is 4.79 Å². The molecule has 2 aromatic heterocycles. The zero-order valence-electron chi connectivity index (χ0n) is 14.4. The number of aryl methyl sites for hydroxylation is 2. The summed E-state index contributed by atoms with van der Waals surface area (Å²) in [5.41, 5.74) is 3.49. The quantitative estimate of drug-likeness (QED) is 0.858. The first-order valence-corrected chi connectivity index (χ1v) is 10.5. The number of fused-ring (bicyclic) bond motifs is 1. The molecule has 3 rings (SSSR count). The zero-order chi connectivity index (χ0) is 18.2. The van der Waals surface area contributed by atoms with Gasteiger partial charge in [-0.15, -0.1) is 11.3 Å². The number of carbonyl (C=O) groups is 1. The maximum Gasteiger partial charge on any atom is 0.315 e. The smallest absolute Gasteiger partial charge is 0.315 e. The Hall–Kier alpha value is -1.93. The molecule has 0 aromatic carbocycles. The average Bonchev–Trinajstić information content (AvgIpc) is 3.01. The van der Waals surface area contributed by atoms with Gasteiger partial charge in [0.15, 0.2) is 9.84 Å². The number of sulfone groups is 1. The van der Waals surface area contributed by atoms with Crippen LogP contribution in [-0.2, 0) is 16.4 Å². The molecule has 2 atom stereocenters. The van der Waals surface area contributed by atoms with Crippen molar-refractivity contribution < 1.29 is 13.2 Å². The minimum Gasteiger partial charge on any atom is -0.334 e. The standard InChI is InChI=1S/C17H21N3O3S2/c1-10-6-13(7-11(2)19-10)9-18-17(21)20-15-8-12(3)25(22,23)16-14(15)4-5-24-16/h4-7,12,15H,8-9H2,1-3H3,(H2,18,20,21)/t12-,15-/m0/s1. The van der Waals surface area contributed by atoms with Gasteiger partial charge in [-0.1, -0.05) is 0 Å². The van der Waals surface area contributed by atoms with Crippen LogP contribution in [0.1, 0.15) is 41.9 Å². The molecule has 0 aliphatic carbocycles. The summed E-state index contributed by atoms with van der Waals surface area (Å²) in [6.45, 7) is 5.91. The van der Waals surface area contributed by atoms with Crippen molar-refractivity contribution in [2.45, 2.75) is 49.2 Å². The summed E-state index contributed by atoms with van der Waals surface area (Å²) in [6, 6.07) is 5.05. The van der Waals surface area contributed by atoms with E-state index >= 15 is 0 Å². The van der Waals surface area contributed by atoms with Crippen LogP contribution in [0, 0.1) is 13.8 Å². The molecule has 0 bridgehead atoms. The molecule has 0 spiro atoms. The molecule has 3 heterocycles. The van der Waals surface area contributed by atoms with E-state index in [1.807, 2.05) is 26.0 Å². The van der Waals surface area contributed by atoms with Crippen molar-refractivity contribution in [2.75, 3.05) is 0 Å². The van der Waals surface area contributed by atoms with Crippen LogP contribution in [0.5, 0.6) is 0 Å². The molecule has 8 heteroatoms. The average molecular weight is 380 g/mol. The number of hydrogen-bond acceptors (Lipinski definition) is 5. The number of nitrogens with one attached hydrogen (secondary N) is 2. The Balaban J connectivity index is 1.67. The van der Waals surface area contributed by atoms with E-state index < -0.39 is 15.1 Å². The SMILES string of the molecule is Cc1cc(CNC(=O)N[C@H]2C[C@H](C)S(=O)(=O)c3sccc32)cc(C)n1. The lowest BCUT2D eigenvalue weighted by Crippen LogP contribution is -2.41. The van der Waals surface area contributed by atoms with Crippen molar-refractivity contribution in [3.63, 3.8) is 0 Å². The van der Waals surface area contributed by atoms with Gasteiger partial charge in [-0.05, 0) is 56.3 Å². The molecule has 2 aromatic rings. The summed E-state index contributed by atoms with van der Waals surface area (Å²) in [7, 11) is -3.27. The van der Waals surface area contributed by atoms with Crippen molar-refractivity contribution >= 4 is 27.2 Å². The van der Waals surface area contributed by atoms with Crippen LogP contribution in [0.25, 0.3) is 0 Å². The van der Waals surface area contributed by atoms with Crippen LogP contribution in [-0.4, -0.2) is 24.7 Å². The number of aromatic nitrogens is 1. The Bertz CT molecular complexity index is 885. The minimum absolute atomic E-state index is 0.291. The Labute approximate surface area is 151 Å². The molecule has 0 saturated heterocycles. The van der Waals surface area contributed by atoms with Crippen LogP contribution in [0.3, 0.4) is 0 Å². The maximum atomic E-state index is 12.3. The van der Waals surface area contributed by atoms with Gasteiger partial charge in [-0.3, -0.25) is 4.98 Å². The summed E-state index contributed by atoms with van der Waals surface area (Å²) in [6.07, 6.45) is 0.382. The second kappa shape index (κ2) is 6.76. The van der Waals surface area contributed by atoms with Crippen molar-refractivity contribution in [1.29, 1.82) is 0 Å². The predicted octanol–water partition coefficient (Wildman–Crippen LogP) is 2.87. The molecule has 6 nitrogen and oxygen atoms in total. The van der Waals surface area contributed by atoms with Crippen LogP contribution < -0.4 is 10.6 Å². The van der Waals surface area contributed by atoms with Gasteiger partial charge in [0, 0.05) is 23.5 Å². The molecular weight excluding hydrogens is 358 g/mol. The van der Waals surface area contributed by atoms with E-state index in [1.165, 1.54) is 11.3 Å². The van der Waals surface area contributed by atoms with Crippen molar-refractivity contribution in [1.82, 2.24) is 15.6 Å². The van der Waals surface area contributed by atoms with E-state index in [9.17, 15) is 13.2 Å². The number of hydrogen-bond donors (Lipinski definition) is 2. The zero-order valence-corrected chi connectivity index (χ0v) is 16.0. The molecule has 25 heavy (non-hydrogen) atoms. The summed E-state index contributed by atoms with van der Waals surface area (Å²) in [5.74, 6) is 0. The third-order valence-corrected chi connectivity index (χ3v) is 8.00. The second-order valence-corrected chi connectivity index (χ2v) is 9.87. The molecule has 1 aliphatic heterocycles. The fraction of sp³-hybridized carbons (Fsp3) is 0.412. The largest absolute Gasteiger partial charge is 0.334 e. The lowest BCUT2D eigenvalue weighted by atomic mass is 10.1. The Morgan fingerprint density at radius 3 is 2.68 bits per heavy atom. The number of nitrogens with zero attached hydrogens (tertiary/aromatic N) is 1. The molecule has 2 amide bonds. The molecule has 134 valence electrons. The van der Waals surface area contributed by atoms with E-state index in [0.29, 0.717) is 22.7 Å². The van der Waals surface area contributed by atoms with Crippen molar-refractivity contribution in [2.24, 2.45) is 0 Å². The van der Waals surface area contributed by atoms with Gasteiger partial charge < -0.3 is 10.6 Å². The Morgan fingerprint density at radius 1 is 1.32 bits per heavy atom. The molecule has 1 aliphatic rings. The fourth-order valence-electron chi connectivity index (χ4n) is 3.11. The maximum absolute atomic E-state index is 12.3. The lowest BCUT2D eigenvalue weighted by molar-refractivity contribution is 0.235. The van der Waals surface area contributed by atoms with E-state index in [0.717, 1.165) is 17.0 Å². The number of carbonyl (C=O) groups excluding carboxylic acids is 1. The Morgan fingerprint density at radius 2 is 2.00 bits per heavy atom. The van der Waals surface area contributed by atoms with E-state index in [2.05, 4.69) is 15.6 Å². The van der Waals surface area contributed by atoms with Crippen LogP contribution >= 0.6 is 11.3 Å². The number of thiophene rings is 1. The van der Waals surface area contributed by atoms with Gasteiger partial charge in [-0.25, -0.2) is 13.2 Å². The highest BCUT2D eigenvalue weighted by Crippen LogP contribution is 2.39. The van der Waals surface area contributed by atoms with E-state index in [1.54, 1.807) is 18.4 Å². The molecule has 0 radical (unpaired) electrons. The first-order valence-electron chi connectivity index (χ1n) is 8.07. The monoisotopic (exact) mass is 379 g/mol.